The standard InChI is InChI=1S/C26H29N5O2/c1-4-5-6-25-28-18(16-29(25)2)17-33-20-10-12-31(26(32)14-20)19-7-8-21-22-15-27-11-9-23(22)30(3)24(21)13-19/h5-8,10,12-14,16,27H,4,9,11,15,17H2,1-3H3/b6-5-. The van der Waals surface area contributed by atoms with Crippen LogP contribution >= 0.6 is 0 Å². The molecule has 3 aromatic heterocycles. The van der Waals surface area contributed by atoms with E-state index in [2.05, 4.69) is 47.0 Å². The maximum absolute atomic E-state index is 12.9. The largest absolute Gasteiger partial charge is 0.487 e. The monoisotopic (exact) mass is 443 g/mol. The van der Waals surface area contributed by atoms with E-state index in [1.54, 1.807) is 10.8 Å². The van der Waals surface area contributed by atoms with Crippen LogP contribution in [0.1, 0.15) is 36.1 Å². The van der Waals surface area contributed by atoms with Crippen LogP contribution < -0.4 is 15.6 Å². The number of ether oxygens (including phenoxy) is 1. The number of hydrogen-bond acceptors (Lipinski definition) is 4. The molecule has 0 amide bonds. The van der Waals surface area contributed by atoms with Gasteiger partial charge < -0.3 is 19.2 Å². The zero-order valence-corrected chi connectivity index (χ0v) is 19.3. The molecule has 5 rings (SSSR count). The number of rotatable bonds is 6. The molecule has 1 aliphatic heterocycles. The first-order chi connectivity index (χ1) is 16.0. The molecule has 33 heavy (non-hydrogen) atoms. The second-order valence-corrected chi connectivity index (χ2v) is 8.48. The van der Waals surface area contributed by atoms with Gasteiger partial charge in [-0.05, 0) is 36.3 Å². The van der Waals surface area contributed by atoms with Crippen molar-refractivity contribution in [3.05, 3.63) is 81.9 Å². The summed E-state index contributed by atoms with van der Waals surface area (Å²) in [6.45, 7) is 4.30. The number of nitrogens with one attached hydrogen (secondary N) is 1. The van der Waals surface area contributed by atoms with Crippen LogP contribution in [0.4, 0.5) is 0 Å². The average molecular weight is 444 g/mol. The summed E-state index contributed by atoms with van der Waals surface area (Å²) in [6.07, 6.45) is 9.78. The molecule has 0 spiro atoms. The third-order valence-corrected chi connectivity index (χ3v) is 6.28. The van der Waals surface area contributed by atoms with Crippen LogP contribution in [-0.2, 0) is 33.7 Å². The molecular weight excluding hydrogens is 414 g/mol. The minimum atomic E-state index is -0.125. The number of pyridine rings is 1. The highest BCUT2D eigenvalue weighted by atomic mass is 16.5. The summed E-state index contributed by atoms with van der Waals surface area (Å²) in [5.74, 6) is 1.42. The van der Waals surface area contributed by atoms with E-state index in [4.69, 9.17) is 4.74 Å². The highest BCUT2D eigenvalue weighted by Crippen LogP contribution is 2.29. The Morgan fingerprint density at radius 2 is 2.09 bits per heavy atom. The van der Waals surface area contributed by atoms with Gasteiger partial charge in [-0.25, -0.2) is 4.98 Å². The molecule has 4 aromatic rings. The predicted octanol–water partition coefficient (Wildman–Crippen LogP) is 3.71. The molecule has 0 radical (unpaired) electrons. The number of fused-ring (bicyclic) bond motifs is 3. The number of aryl methyl sites for hydroxylation is 2. The Kier molecular flexibility index (Phi) is 5.64. The van der Waals surface area contributed by atoms with Crippen molar-refractivity contribution in [1.82, 2.24) is 24.0 Å². The lowest BCUT2D eigenvalue weighted by Crippen LogP contribution is -2.24. The Labute approximate surface area is 192 Å². The fraction of sp³-hybridized carbons (Fsp3) is 0.308. The summed E-state index contributed by atoms with van der Waals surface area (Å²) >= 11 is 0. The molecule has 0 saturated carbocycles. The van der Waals surface area contributed by atoms with Crippen molar-refractivity contribution in [1.29, 1.82) is 0 Å². The lowest BCUT2D eigenvalue weighted by molar-refractivity contribution is 0.301. The molecule has 1 aromatic carbocycles. The fourth-order valence-electron chi connectivity index (χ4n) is 4.56. The lowest BCUT2D eigenvalue weighted by Gasteiger charge is -2.14. The normalized spacial score (nSPS) is 13.7. The van der Waals surface area contributed by atoms with Crippen LogP contribution in [0.25, 0.3) is 22.7 Å². The number of imidazole rings is 1. The van der Waals surface area contributed by atoms with Gasteiger partial charge in [0, 0.05) is 63.1 Å². The van der Waals surface area contributed by atoms with Gasteiger partial charge in [-0.3, -0.25) is 9.36 Å². The van der Waals surface area contributed by atoms with E-state index in [0.29, 0.717) is 12.4 Å². The Bertz CT molecular complexity index is 1410. The highest BCUT2D eigenvalue weighted by molar-refractivity contribution is 5.87. The Morgan fingerprint density at radius 3 is 2.91 bits per heavy atom. The fourth-order valence-corrected chi connectivity index (χ4v) is 4.56. The van der Waals surface area contributed by atoms with E-state index in [9.17, 15) is 4.79 Å². The number of hydrogen-bond donors (Lipinski definition) is 1. The van der Waals surface area contributed by atoms with Gasteiger partial charge in [-0.15, -0.1) is 0 Å². The molecule has 0 atom stereocenters. The number of aromatic nitrogens is 4. The van der Waals surface area contributed by atoms with Gasteiger partial charge in [0.1, 0.15) is 18.2 Å². The molecule has 0 aliphatic carbocycles. The molecule has 1 aliphatic rings. The van der Waals surface area contributed by atoms with Gasteiger partial charge in [0.2, 0.25) is 0 Å². The minimum Gasteiger partial charge on any atom is -0.487 e. The predicted molar refractivity (Wildman–Crippen MR) is 131 cm³/mol. The summed E-state index contributed by atoms with van der Waals surface area (Å²) in [7, 11) is 4.07. The van der Waals surface area contributed by atoms with Crippen LogP contribution in [0, 0.1) is 0 Å². The SMILES string of the molecule is CC/C=C\c1nc(COc2ccn(-c3ccc4c5c(n(C)c4c3)CCNC5)c(=O)c2)cn1C. The maximum Gasteiger partial charge on any atom is 0.258 e. The third kappa shape index (κ3) is 4.00. The van der Waals surface area contributed by atoms with Gasteiger partial charge in [0.05, 0.1) is 16.9 Å². The lowest BCUT2D eigenvalue weighted by atomic mass is 10.1. The number of nitrogens with zero attached hydrogens (tertiary/aromatic N) is 4. The van der Waals surface area contributed by atoms with Gasteiger partial charge >= 0.3 is 0 Å². The van der Waals surface area contributed by atoms with Crippen molar-refractivity contribution in [3.63, 3.8) is 0 Å². The van der Waals surface area contributed by atoms with Gasteiger partial charge in [-0.1, -0.05) is 19.1 Å². The summed E-state index contributed by atoms with van der Waals surface area (Å²) in [5, 5.41) is 4.70. The van der Waals surface area contributed by atoms with Crippen molar-refractivity contribution >= 4 is 17.0 Å². The molecule has 0 bridgehead atoms. The number of allylic oxidation sites excluding steroid dienone is 1. The van der Waals surface area contributed by atoms with Crippen LogP contribution in [0.2, 0.25) is 0 Å². The van der Waals surface area contributed by atoms with E-state index >= 15 is 0 Å². The molecule has 0 fully saturated rings. The van der Waals surface area contributed by atoms with Gasteiger partial charge in [0.25, 0.3) is 5.56 Å². The minimum absolute atomic E-state index is 0.125. The number of benzene rings is 1. The van der Waals surface area contributed by atoms with E-state index < -0.39 is 0 Å². The van der Waals surface area contributed by atoms with Crippen LogP contribution in [0.3, 0.4) is 0 Å². The maximum atomic E-state index is 12.9. The average Bonchev–Trinajstić information content (AvgIpc) is 3.33. The second kappa shape index (κ2) is 8.75. The van der Waals surface area contributed by atoms with Crippen molar-refractivity contribution < 1.29 is 4.74 Å². The van der Waals surface area contributed by atoms with Crippen LogP contribution in [0.5, 0.6) is 5.75 Å². The second-order valence-electron chi connectivity index (χ2n) is 8.48. The molecular formula is C26H29N5O2. The molecule has 7 heteroatoms. The first kappa shape index (κ1) is 21.3. The summed E-state index contributed by atoms with van der Waals surface area (Å²) in [4.78, 5) is 17.5. The van der Waals surface area contributed by atoms with Gasteiger partial charge in [-0.2, -0.15) is 0 Å². The summed E-state index contributed by atoms with van der Waals surface area (Å²) in [5.41, 5.74) is 5.44. The van der Waals surface area contributed by atoms with Gasteiger partial charge in [0.15, 0.2) is 0 Å². The molecule has 7 nitrogen and oxygen atoms in total. The summed E-state index contributed by atoms with van der Waals surface area (Å²) < 4.78 is 11.7. The zero-order valence-electron chi connectivity index (χ0n) is 19.3. The quantitative estimate of drug-likeness (QED) is 0.493. The van der Waals surface area contributed by atoms with Crippen LogP contribution in [0.15, 0.2) is 53.6 Å². The van der Waals surface area contributed by atoms with E-state index in [0.717, 1.165) is 48.7 Å². The molecule has 1 N–H and O–H groups in total. The van der Waals surface area contributed by atoms with E-state index in [-0.39, 0.29) is 5.56 Å². The molecule has 4 heterocycles. The zero-order chi connectivity index (χ0) is 22.9. The highest BCUT2D eigenvalue weighted by Gasteiger charge is 2.18. The van der Waals surface area contributed by atoms with E-state index in [1.807, 2.05) is 36.0 Å². The molecule has 0 unspecified atom stereocenters. The van der Waals surface area contributed by atoms with Crippen molar-refractivity contribution in [2.75, 3.05) is 6.54 Å². The first-order valence-corrected chi connectivity index (χ1v) is 11.4. The smallest absolute Gasteiger partial charge is 0.258 e. The topological polar surface area (TPSA) is 66.0 Å². The van der Waals surface area contributed by atoms with E-state index in [1.165, 1.54) is 22.7 Å². The molecule has 170 valence electrons. The van der Waals surface area contributed by atoms with Crippen molar-refractivity contribution in [2.45, 2.75) is 32.9 Å². The molecule has 0 saturated heterocycles. The van der Waals surface area contributed by atoms with Crippen molar-refractivity contribution in [2.24, 2.45) is 14.1 Å². The third-order valence-electron chi connectivity index (χ3n) is 6.28. The Balaban J connectivity index is 1.37. The summed E-state index contributed by atoms with van der Waals surface area (Å²) in [6, 6.07) is 9.59. The Morgan fingerprint density at radius 1 is 1.21 bits per heavy atom. The first-order valence-electron chi connectivity index (χ1n) is 11.4. The Hall–Kier alpha value is -3.58. The van der Waals surface area contributed by atoms with Crippen molar-refractivity contribution in [3.8, 4) is 11.4 Å². The van der Waals surface area contributed by atoms with Crippen LogP contribution in [-0.4, -0.2) is 25.2 Å².